The van der Waals surface area contributed by atoms with Crippen molar-refractivity contribution in [3.8, 4) is 0 Å². The summed E-state index contributed by atoms with van der Waals surface area (Å²) in [6.07, 6.45) is 4.47. The van der Waals surface area contributed by atoms with Crippen molar-refractivity contribution in [1.29, 1.82) is 0 Å². The van der Waals surface area contributed by atoms with E-state index >= 15 is 0 Å². The Bertz CT molecular complexity index is 367. The molecule has 2 rings (SSSR count). The molecule has 1 saturated carbocycles. The Morgan fingerprint density at radius 2 is 2.00 bits per heavy atom. The van der Waals surface area contributed by atoms with E-state index in [0.29, 0.717) is 0 Å². The summed E-state index contributed by atoms with van der Waals surface area (Å²) in [5, 5.41) is 3.52. The van der Waals surface area contributed by atoms with Crippen molar-refractivity contribution in [1.82, 2.24) is 9.97 Å². The number of rotatable bonds is 3. The molecule has 3 heteroatoms. The van der Waals surface area contributed by atoms with Gasteiger partial charge in [0.1, 0.15) is 5.82 Å². The summed E-state index contributed by atoms with van der Waals surface area (Å²) >= 11 is 0. The number of aryl methyl sites for hydroxylation is 2. The summed E-state index contributed by atoms with van der Waals surface area (Å²) < 4.78 is 0. The molecule has 0 spiro atoms. The van der Waals surface area contributed by atoms with Crippen molar-refractivity contribution in [2.75, 3.05) is 5.32 Å². The topological polar surface area (TPSA) is 37.8 Å². The molecule has 1 aliphatic carbocycles. The Kier molecular flexibility index (Phi) is 2.41. The number of nitrogens with one attached hydrogen (secondary N) is 1. The number of hydrogen-bond donors (Lipinski definition) is 1. The first-order chi connectivity index (χ1) is 6.99. The van der Waals surface area contributed by atoms with Crippen LogP contribution in [0.3, 0.4) is 0 Å². The highest BCUT2D eigenvalue weighted by Gasteiger charge is 2.38. The molecule has 3 nitrogen and oxygen atoms in total. The van der Waals surface area contributed by atoms with Crippen LogP contribution in [0.25, 0.3) is 0 Å². The summed E-state index contributed by atoms with van der Waals surface area (Å²) in [5.41, 5.74) is 2.09. The molecule has 1 aromatic heterocycles. The molecule has 0 aliphatic heterocycles. The maximum Gasteiger partial charge on any atom is 0.148 e. The van der Waals surface area contributed by atoms with Crippen LogP contribution in [0.5, 0.6) is 0 Å². The Morgan fingerprint density at radius 1 is 1.33 bits per heavy atom. The van der Waals surface area contributed by atoms with Crippen LogP contribution >= 0.6 is 0 Å². The number of anilines is 1. The van der Waals surface area contributed by atoms with Gasteiger partial charge < -0.3 is 5.32 Å². The highest BCUT2D eigenvalue weighted by atomic mass is 15.1. The van der Waals surface area contributed by atoms with Crippen molar-refractivity contribution in [2.24, 2.45) is 5.92 Å². The van der Waals surface area contributed by atoms with E-state index in [-0.39, 0.29) is 5.54 Å². The Hall–Kier alpha value is -1.12. The van der Waals surface area contributed by atoms with E-state index in [0.717, 1.165) is 23.1 Å². The van der Waals surface area contributed by atoms with Gasteiger partial charge in [-0.2, -0.15) is 0 Å². The molecule has 0 unspecified atom stereocenters. The Labute approximate surface area is 91.3 Å². The number of aromatic nitrogens is 2. The minimum Gasteiger partial charge on any atom is -0.363 e. The zero-order valence-electron chi connectivity index (χ0n) is 9.96. The summed E-state index contributed by atoms with van der Waals surface area (Å²) in [4.78, 5) is 8.81. The van der Waals surface area contributed by atoms with Gasteiger partial charge in [0.05, 0.1) is 11.4 Å². The second-order valence-corrected chi connectivity index (χ2v) is 5.07. The standard InChI is InChI=1S/C12H19N3/c1-8-7-13-9(2)11(14-8)15-12(3,4)10-5-6-10/h7,10H,5-6H2,1-4H3,(H,14,15). The Morgan fingerprint density at radius 3 is 2.60 bits per heavy atom. The van der Waals surface area contributed by atoms with Crippen molar-refractivity contribution in [3.05, 3.63) is 17.6 Å². The SMILES string of the molecule is Cc1cnc(C)c(NC(C)(C)C2CC2)n1. The third-order valence-electron chi connectivity index (χ3n) is 3.11. The van der Waals surface area contributed by atoms with Crippen LogP contribution in [0.4, 0.5) is 5.82 Å². The van der Waals surface area contributed by atoms with E-state index in [2.05, 4.69) is 29.1 Å². The first-order valence-corrected chi connectivity index (χ1v) is 5.57. The van der Waals surface area contributed by atoms with Gasteiger partial charge in [-0.15, -0.1) is 0 Å². The van der Waals surface area contributed by atoms with Crippen LogP contribution in [0.2, 0.25) is 0 Å². The first kappa shape index (κ1) is 10.4. The minimum atomic E-state index is 0.146. The van der Waals surface area contributed by atoms with Crippen molar-refractivity contribution in [3.63, 3.8) is 0 Å². The zero-order chi connectivity index (χ0) is 11.1. The summed E-state index contributed by atoms with van der Waals surface area (Å²) in [6.45, 7) is 8.46. The molecule has 1 fully saturated rings. The fourth-order valence-corrected chi connectivity index (χ4v) is 1.87. The van der Waals surface area contributed by atoms with Crippen molar-refractivity contribution < 1.29 is 0 Å². The molecular weight excluding hydrogens is 186 g/mol. The van der Waals surface area contributed by atoms with E-state index in [1.54, 1.807) is 0 Å². The monoisotopic (exact) mass is 205 g/mol. The van der Waals surface area contributed by atoms with E-state index in [4.69, 9.17) is 0 Å². The minimum absolute atomic E-state index is 0.146. The van der Waals surface area contributed by atoms with Gasteiger partial charge in [-0.05, 0) is 46.5 Å². The molecule has 0 aromatic carbocycles. The molecule has 1 N–H and O–H groups in total. The molecule has 0 bridgehead atoms. The first-order valence-electron chi connectivity index (χ1n) is 5.57. The smallest absolute Gasteiger partial charge is 0.148 e. The zero-order valence-corrected chi connectivity index (χ0v) is 9.96. The van der Waals surface area contributed by atoms with Crippen LogP contribution in [-0.2, 0) is 0 Å². The molecule has 0 atom stereocenters. The summed E-state index contributed by atoms with van der Waals surface area (Å²) in [6, 6.07) is 0. The van der Waals surface area contributed by atoms with Gasteiger partial charge in [-0.1, -0.05) is 0 Å². The molecule has 15 heavy (non-hydrogen) atoms. The normalized spacial score (nSPS) is 16.5. The third kappa shape index (κ3) is 2.28. The molecule has 0 amide bonds. The molecule has 82 valence electrons. The number of nitrogens with zero attached hydrogens (tertiary/aromatic N) is 2. The van der Waals surface area contributed by atoms with Crippen LogP contribution in [0.1, 0.15) is 38.1 Å². The van der Waals surface area contributed by atoms with E-state index in [1.165, 1.54) is 12.8 Å². The van der Waals surface area contributed by atoms with Crippen LogP contribution in [0, 0.1) is 19.8 Å². The fraction of sp³-hybridized carbons (Fsp3) is 0.667. The van der Waals surface area contributed by atoms with Crippen LogP contribution < -0.4 is 5.32 Å². The highest BCUT2D eigenvalue weighted by Crippen LogP contribution is 2.41. The molecule has 0 radical (unpaired) electrons. The van der Waals surface area contributed by atoms with Gasteiger partial charge in [0.15, 0.2) is 0 Å². The Balaban J connectivity index is 2.19. The van der Waals surface area contributed by atoms with Gasteiger partial charge in [0.25, 0.3) is 0 Å². The van der Waals surface area contributed by atoms with E-state index in [9.17, 15) is 0 Å². The van der Waals surface area contributed by atoms with Crippen molar-refractivity contribution >= 4 is 5.82 Å². The molecule has 1 aliphatic rings. The summed E-state index contributed by atoms with van der Waals surface area (Å²) in [5.74, 6) is 1.73. The van der Waals surface area contributed by atoms with Gasteiger partial charge in [0.2, 0.25) is 0 Å². The lowest BCUT2D eigenvalue weighted by atomic mass is 9.99. The van der Waals surface area contributed by atoms with E-state index < -0.39 is 0 Å². The maximum absolute atomic E-state index is 4.49. The average Bonchev–Trinajstić information content (AvgIpc) is 2.93. The third-order valence-corrected chi connectivity index (χ3v) is 3.11. The fourth-order valence-electron chi connectivity index (χ4n) is 1.87. The van der Waals surface area contributed by atoms with Gasteiger partial charge in [0, 0.05) is 11.7 Å². The second kappa shape index (κ2) is 3.47. The van der Waals surface area contributed by atoms with Gasteiger partial charge in [-0.3, -0.25) is 4.98 Å². The molecule has 1 heterocycles. The van der Waals surface area contributed by atoms with Crippen molar-refractivity contribution in [2.45, 2.75) is 46.1 Å². The average molecular weight is 205 g/mol. The summed E-state index contributed by atoms with van der Waals surface area (Å²) in [7, 11) is 0. The predicted molar refractivity (Wildman–Crippen MR) is 61.9 cm³/mol. The van der Waals surface area contributed by atoms with Gasteiger partial charge in [-0.25, -0.2) is 4.98 Å². The maximum atomic E-state index is 4.49. The highest BCUT2D eigenvalue weighted by molar-refractivity contribution is 5.42. The lowest BCUT2D eigenvalue weighted by Gasteiger charge is -2.27. The van der Waals surface area contributed by atoms with Crippen LogP contribution in [-0.4, -0.2) is 15.5 Å². The predicted octanol–water partition coefficient (Wildman–Crippen LogP) is 2.69. The van der Waals surface area contributed by atoms with Gasteiger partial charge >= 0.3 is 0 Å². The lowest BCUT2D eigenvalue weighted by Crippen LogP contribution is -2.34. The second-order valence-electron chi connectivity index (χ2n) is 5.07. The lowest BCUT2D eigenvalue weighted by molar-refractivity contribution is 0.491. The largest absolute Gasteiger partial charge is 0.363 e. The molecule has 0 saturated heterocycles. The molecule has 1 aromatic rings. The molecular formula is C12H19N3. The number of hydrogen-bond acceptors (Lipinski definition) is 3. The van der Waals surface area contributed by atoms with E-state index in [1.807, 2.05) is 20.0 Å². The van der Waals surface area contributed by atoms with Crippen LogP contribution in [0.15, 0.2) is 6.20 Å². The quantitative estimate of drug-likeness (QED) is 0.824.